The zero-order valence-corrected chi connectivity index (χ0v) is 18.8. The Kier molecular flexibility index (Phi) is 7.81. The van der Waals surface area contributed by atoms with Crippen molar-refractivity contribution in [3.63, 3.8) is 0 Å². The van der Waals surface area contributed by atoms with Gasteiger partial charge in [0.25, 0.3) is 10.0 Å². The molecule has 160 valence electrons. The quantitative estimate of drug-likeness (QED) is 0.543. The maximum atomic E-state index is 13.3. The third kappa shape index (κ3) is 6.00. The van der Waals surface area contributed by atoms with Crippen molar-refractivity contribution >= 4 is 44.8 Å². The lowest BCUT2D eigenvalue weighted by Gasteiger charge is -2.24. The van der Waals surface area contributed by atoms with E-state index < -0.39 is 10.0 Å². The summed E-state index contributed by atoms with van der Waals surface area (Å²) in [6.45, 7) is 0.104. The number of carbonyl (C=O) groups is 1. The van der Waals surface area contributed by atoms with Gasteiger partial charge in [0.1, 0.15) is 6.54 Å². The highest BCUT2D eigenvalue weighted by Gasteiger charge is 2.27. The van der Waals surface area contributed by atoms with Crippen LogP contribution in [0, 0.1) is 0 Å². The molecule has 1 amide bonds. The van der Waals surface area contributed by atoms with Crippen molar-refractivity contribution in [1.29, 1.82) is 0 Å². The first kappa shape index (κ1) is 22.7. The second-order valence-electron chi connectivity index (χ2n) is 7.16. The number of carbonyl (C=O) groups excluding carboxylic acids is 1. The maximum absolute atomic E-state index is 13.3. The molecule has 1 aliphatic rings. The topological polar surface area (TPSA) is 66.5 Å². The van der Waals surface area contributed by atoms with Crippen LogP contribution in [0.3, 0.4) is 0 Å². The van der Waals surface area contributed by atoms with Crippen molar-refractivity contribution in [2.75, 3.05) is 17.4 Å². The Morgan fingerprint density at radius 1 is 1.03 bits per heavy atom. The lowest BCUT2D eigenvalue weighted by Crippen LogP contribution is -2.41. The van der Waals surface area contributed by atoms with E-state index >= 15 is 0 Å². The molecule has 5 nitrogen and oxygen atoms in total. The van der Waals surface area contributed by atoms with Gasteiger partial charge < -0.3 is 5.32 Å². The molecule has 3 rings (SSSR count). The third-order valence-corrected chi connectivity index (χ3v) is 7.13. The van der Waals surface area contributed by atoms with Gasteiger partial charge in [0.15, 0.2) is 0 Å². The maximum Gasteiger partial charge on any atom is 0.264 e. The Bertz CT molecular complexity index is 1000. The Morgan fingerprint density at radius 3 is 2.37 bits per heavy atom. The summed E-state index contributed by atoms with van der Waals surface area (Å²) in [5.74, 6) is -0.387. The van der Waals surface area contributed by atoms with Gasteiger partial charge in [-0.25, -0.2) is 8.42 Å². The van der Waals surface area contributed by atoms with Crippen molar-refractivity contribution in [3.05, 3.63) is 70.2 Å². The summed E-state index contributed by atoms with van der Waals surface area (Å²) in [6, 6.07) is 12.4. The van der Waals surface area contributed by atoms with E-state index in [-0.39, 0.29) is 33.1 Å². The van der Waals surface area contributed by atoms with Crippen LogP contribution in [0.25, 0.3) is 0 Å². The minimum Gasteiger partial charge on any atom is -0.354 e. The monoisotopic (exact) mass is 466 g/mol. The molecule has 0 spiro atoms. The Morgan fingerprint density at radius 2 is 1.73 bits per heavy atom. The fourth-order valence-electron chi connectivity index (χ4n) is 3.40. The molecule has 0 heterocycles. The average molecular weight is 467 g/mol. The number of rotatable bonds is 8. The zero-order valence-electron chi connectivity index (χ0n) is 16.5. The molecule has 0 saturated carbocycles. The summed E-state index contributed by atoms with van der Waals surface area (Å²) >= 11 is 12.2. The molecule has 0 bridgehead atoms. The number of hydrogen-bond donors (Lipinski definition) is 1. The molecule has 0 aromatic heterocycles. The van der Waals surface area contributed by atoms with Crippen LogP contribution in [-0.2, 0) is 14.8 Å². The number of sulfonamides is 1. The Labute approximate surface area is 187 Å². The van der Waals surface area contributed by atoms with E-state index in [1.54, 1.807) is 18.2 Å². The lowest BCUT2D eigenvalue weighted by molar-refractivity contribution is -0.119. The van der Waals surface area contributed by atoms with Gasteiger partial charge in [-0.2, -0.15) is 0 Å². The number of allylic oxidation sites excluding steroid dienone is 1. The molecule has 30 heavy (non-hydrogen) atoms. The number of anilines is 1. The molecule has 0 atom stereocenters. The van der Waals surface area contributed by atoms with Crippen LogP contribution < -0.4 is 9.62 Å². The summed E-state index contributed by atoms with van der Waals surface area (Å²) in [7, 11) is -3.98. The predicted molar refractivity (Wildman–Crippen MR) is 122 cm³/mol. The van der Waals surface area contributed by atoms with Crippen molar-refractivity contribution in [2.24, 2.45) is 0 Å². The lowest BCUT2D eigenvalue weighted by atomic mass is 9.97. The molecule has 1 N–H and O–H groups in total. The van der Waals surface area contributed by atoms with Crippen molar-refractivity contribution < 1.29 is 13.2 Å². The highest BCUT2D eigenvalue weighted by molar-refractivity contribution is 7.92. The highest BCUT2D eigenvalue weighted by atomic mass is 35.5. The number of benzene rings is 2. The van der Waals surface area contributed by atoms with Gasteiger partial charge in [-0.3, -0.25) is 9.10 Å². The van der Waals surface area contributed by atoms with Crippen LogP contribution in [-0.4, -0.2) is 27.4 Å². The van der Waals surface area contributed by atoms with E-state index in [2.05, 4.69) is 11.4 Å². The van der Waals surface area contributed by atoms with E-state index in [0.29, 0.717) is 6.54 Å². The van der Waals surface area contributed by atoms with E-state index in [4.69, 9.17) is 23.2 Å². The summed E-state index contributed by atoms with van der Waals surface area (Å²) in [5.41, 5.74) is 1.58. The number of nitrogens with one attached hydrogen (secondary N) is 1. The molecular formula is C22H24Cl2N2O3S. The third-order valence-electron chi connectivity index (χ3n) is 4.91. The molecule has 0 fully saturated rings. The predicted octanol–water partition coefficient (Wildman–Crippen LogP) is 5.20. The van der Waals surface area contributed by atoms with Gasteiger partial charge in [0, 0.05) is 16.6 Å². The first-order chi connectivity index (χ1) is 14.4. The van der Waals surface area contributed by atoms with E-state index in [1.807, 2.05) is 0 Å². The van der Waals surface area contributed by atoms with Crippen molar-refractivity contribution in [3.8, 4) is 0 Å². The van der Waals surface area contributed by atoms with Crippen LogP contribution in [0.2, 0.25) is 10.0 Å². The first-order valence-electron chi connectivity index (χ1n) is 9.85. The fraction of sp³-hybridized carbons (Fsp3) is 0.318. The van der Waals surface area contributed by atoms with Gasteiger partial charge in [0.2, 0.25) is 5.91 Å². The Balaban J connectivity index is 1.79. The molecule has 0 aliphatic heterocycles. The smallest absolute Gasteiger partial charge is 0.264 e. The summed E-state index contributed by atoms with van der Waals surface area (Å²) < 4.78 is 27.6. The van der Waals surface area contributed by atoms with Gasteiger partial charge in [-0.1, -0.05) is 53.1 Å². The molecule has 8 heteroatoms. The van der Waals surface area contributed by atoms with Crippen LogP contribution in [0.1, 0.15) is 32.1 Å². The molecule has 0 unspecified atom stereocenters. The molecular weight excluding hydrogens is 443 g/mol. The van der Waals surface area contributed by atoms with Crippen LogP contribution >= 0.6 is 23.2 Å². The molecule has 2 aromatic rings. The number of nitrogens with zero attached hydrogens (tertiary/aromatic N) is 1. The molecule has 0 radical (unpaired) electrons. The highest BCUT2D eigenvalue weighted by Crippen LogP contribution is 2.29. The fourth-order valence-corrected chi connectivity index (χ4v) is 5.34. The minimum atomic E-state index is -3.98. The largest absolute Gasteiger partial charge is 0.354 e. The van der Waals surface area contributed by atoms with Gasteiger partial charge in [-0.05, 0) is 62.4 Å². The van der Waals surface area contributed by atoms with E-state index in [9.17, 15) is 13.2 Å². The second kappa shape index (κ2) is 10.3. The van der Waals surface area contributed by atoms with E-state index in [1.165, 1.54) is 48.7 Å². The van der Waals surface area contributed by atoms with Crippen LogP contribution in [0.5, 0.6) is 0 Å². The van der Waals surface area contributed by atoms with E-state index in [0.717, 1.165) is 23.6 Å². The average Bonchev–Trinajstić information content (AvgIpc) is 2.72. The summed E-state index contributed by atoms with van der Waals surface area (Å²) in [4.78, 5) is 12.7. The number of hydrogen-bond acceptors (Lipinski definition) is 3. The summed E-state index contributed by atoms with van der Waals surface area (Å²) in [5, 5.41) is 3.41. The molecule has 0 saturated heterocycles. The molecule has 1 aliphatic carbocycles. The number of amides is 1. The standard InChI is InChI=1S/C22H24Cl2N2O3S/c23-18-13-19(24)15-20(14-18)26(30(28,29)21-9-5-2-6-10-21)16-22(27)25-12-11-17-7-3-1-4-8-17/h2,5-7,9-10,13-15H,1,3-4,8,11-12,16H2,(H,25,27). The van der Waals surface area contributed by atoms with Gasteiger partial charge >= 0.3 is 0 Å². The van der Waals surface area contributed by atoms with Crippen LogP contribution in [0.15, 0.2) is 65.1 Å². The second-order valence-corrected chi connectivity index (χ2v) is 9.90. The van der Waals surface area contributed by atoms with Crippen molar-refractivity contribution in [2.45, 2.75) is 37.0 Å². The first-order valence-corrected chi connectivity index (χ1v) is 12.0. The SMILES string of the molecule is O=C(CN(c1cc(Cl)cc(Cl)c1)S(=O)(=O)c1ccccc1)NCCC1=CCCCC1. The molecule has 2 aromatic carbocycles. The zero-order chi connectivity index (χ0) is 21.6. The minimum absolute atomic E-state index is 0.0845. The van der Waals surface area contributed by atoms with Crippen molar-refractivity contribution in [1.82, 2.24) is 5.32 Å². The Hall–Kier alpha value is -2.02. The summed E-state index contributed by atoms with van der Waals surface area (Å²) in [6.07, 6.45) is 7.55. The van der Waals surface area contributed by atoms with Gasteiger partial charge in [0.05, 0.1) is 10.6 Å². The van der Waals surface area contributed by atoms with Gasteiger partial charge in [-0.15, -0.1) is 0 Å². The number of halogens is 2. The normalized spacial score (nSPS) is 14.1. The van der Waals surface area contributed by atoms with Crippen LogP contribution in [0.4, 0.5) is 5.69 Å².